The molecule has 1 aliphatic carbocycles. The number of aliphatic carboxylic acids is 1. The van der Waals surface area contributed by atoms with Crippen molar-refractivity contribution >= 4 is 11.8 Å². The van der Waals surface area contributed by atoms with E-state index in [4.69, 9.17) is 4.74 Å². The predicted octanol–water partition coefficient (Wildman–Crippen LogP) is 1.21. The van der Waals surface area contributed by atoms with Gasteiger partial charge in [0.25, 0.3) is 0 Å². The Morgan fingerprint density at radius 1 is 1.53 bits per heavy atom. The second kappa shape index (κ2) is 4.20. The standard InChI is InChI=1S/C11H15N3O3/c1-7-8(12-6-13-9(7)17-2)14-11(10(15)16)4-3-5-11/h6H,3-5H2,1-2H3,(H,15,16)(H,12,13,14). The Balaban J connectivity index is 2.27. The molecule has 1 fully saturated rings. The van der Waals surface area contributed by atoms with E-state index in [1.807, 2.05) is 0 Å². The maximum atomic E-state index is 11.2. The predicted molar refractivity (Wildman–Crippen MR) is 61.2 cm³/mol. The molecule has 0 amide bonds. The third-order valence-electron chi connectivity index (χ3n) is 3.21. The molecular weight excluding hydrogens is 222 g/mol. The third kappa shape index (κ3) is 1.90. The second-order valence-electron chi connectivity index (χ2n) is 4.22. The Morgan fingerprint density at radius 3 is 2.71 bits per heavy atom. The number of ether oxygens (including phenoxy) is 1. The summed E-state index contributed by atoms with van der Waals surface area (Å²) in [7, 11) is 1.52. The van der Waals surface area contributed by atoms with Gasteiger partial charge in [-0.15, -0.1) is 0 Å². The van der Waals surface area contributed by atoms with Crippen LogP contribution >= 0.6 is 0 Å². The maximum Gasteiger partial charge on any atom is 0.329 e. The lowest BCUT2D eigenvalue weighted by Gasteiger charge is -2.38. The molecule has 17 heavy (non-hydrogen) atoms. The maximum absolute atomic E-state index is 11.2. The third-order valence-corrected chi connectivity index (χ3v) is 3.21. The van der Waals surface area contributed by atoms with Crippen molar-refractivity contribution < 1.29 is 14.6 Å². The highest BCUT2D eigenvalue weighted by Crippen LogP contribution is 2.36. The van der Waals surface area contributed by atoms with Crippen molar-refractivity contribution in [3.05, 3.63) is 11.9 Å². The Labute approximate surface area is 99.0 Å². The van der Waals surface area contributed by atoms with E-state index in [0.29, 0.717) is 24.5 Å². The number of hydrogen-bond acceptors (Lipinski definition) is 5. The van der Waals surface area contributed by atoms with E-state index >= 15 is 0 Å². The fraction of sp³-hybridized carbons (Fsp3) is 0.545. The van der Waals surface area contributed by atoms with Gasteiger partial charge in [-0.3, -0.25) is 0 Å². The van der Waals surface area contributed by atoms with E-state index in [0.717, 1.165) is 12.0 Å². The van der Waals surface area contributed by atoms with Crippen LogP contribution in [0.25, 0.3) is 0 Å². The number of nitrogens with zero attached hydrogens (tertiary/aromatic N) is 2. The molecule has 92 valence electrons. The lowest BCUT2D eigenvalue weighted by atomic mass is 9.76. The van der Waals surface area contributed by atoms with Gasteiger partial charge in [-0.1, -0.05) is 0 Å². The van der Waals surface area contributed by atoms with Crippen LogP contribution in [-0.4, -0.2) is 33.7 Å². The Morgan fingerprint density at radius 2 is 2.24 bits per heavy atom. The minimum atomic E-state index is -0.871. The first-order valence-electron chi connectivity index (χ1n) is 5.46. The largest absolute Gasteiger partial charge is 0.481 e. The molecule has 2 N–H and O–H groups in total. The van der Waals surface area contributed by atoms with E-state index in [1.54, 1.807) is 6.92 Å². The first-order chi connectivity index (χ1) is 8.09. The molecule has 1 saturated carbocycles. The molecule has 6 nitrogen and oxygen atoms in total. The van der Waals surface area contributed by atoms with Gasteiger partial charge in [0.1, 0.15) is 17.7 Å². The van der Waals surface area contributed by atoms with E-state index in [-0.39, 0.29) is 0 Å². The topological polar surface area (TPSA) is 84.3 Å². The number of anilines is 1. The van der Waals surface area contributed by atoms with E-state index in [1.165, 1.54) is 13.4 Å². The Hall–Kier alpha value is -1.85. The number of aromatic nitrogens is 2. The van der Waals surface area contributed by atoms with Crippen LogP contribution in [0.1, 0.15) is 24.8 Å². The highest BCUT2D eigenvalue weighted by molar-refractivity contribution is 5.84. The summed E-state index contributed by atoms with van der Waals surface area (Å²) in [5.74, 6) is 0.155. The van der Waals surface area contributed by atoms with Crippen molar-refractivity contribution in [3.63, 3.8) is 0 Å². The zero-order valence-corrected chi connectivity index (χ0v) is 9.86. The van der Waals surface area contributed by atoms with Crippen LogP contribution in [0.2, 0.25) is 0 Å². The Kier molecular flexibility index (Phi) is 2.87. The van der Waals surface area contributed by atoms with Crippen LogP contribution in [0.5, 0.6) is 5.88 Å². The number of hydrogen-bond donors (Lipinski definition) is 2. The minimum absolute atomic E-state index is 0.461. The van der Waals surface area contributed by atoms with Crippen LogP contribution in [0.15, 0.2) is 6.33 Å². The molecule has 1 aliphatic rings. The zero-order chi connectivity index (χ0) is 12.5. The average molecular weight is 237 g/mol. The van der Waals surface area contributed by atoms with Crippen molar-refractivity contribution in [2.24, 2.45) is 0 Å². The summed E-state index contributed by atoms with van der Waals surface area (Å²) in [6.45, 7) is 1.80. The van der Waals surface area contributed by atoms with Gasteiger partial charge in [-0.2, -0.15) is 0 Å². The average Bonchev–Trinajstić information content (AvgIpc) is 2.25. The molecule has 1 aromatic rings. The fourth-order valence-corrected chi connectivity index (χ4v) is 1.92. The van der Waals surface area contributed by atoms with Crippen LogP contribution in [0.4, 0.5) is 5.82 Å². The van der Waals surface area contributed by atoms with Crippen molar-refractivity contribution in [2.45, 2.75) is 31.7 Å². The number of rotatable bonds is 4. The highest BCUT2D eigenvalue weighted by atomic mass is 16.5. The normalized spacial score (nSPS) is 17.1. The number of carboxylic acids is 1. The summed E-state index contributed by atoms with van der Waals surface area (Å²) in [6.07, 6.45) is 3.52. The van der Waals surface area contributed by atoms with Gasteiger partial charge in [0.15, 0.2) is 0 Å². The molecule has 0 atom stereocenters. The van der Waals surface area contributed by atoms with Crippen LogP contribution in [0, 0.1) is 6.92 Å². The van der Waals surface area contributed by atoms with Gasteiger partial charge in [0.2, 0.25) is 5.88 Å². The molecule has 1 heterocycles. The first kappa shape index (κ1) is 11.6. The van der Waals surface area contributed by atoms with Crippen molar-refractivity contribution in [2.75, 3.05) is 12.4 Å². The first-order valence-corrected chi connectivity index (χ1v) is 5.46. The monoisotopic (exact) mass is 237 g/mol. The fourth-order valence-electron chi connectivity index (χ4n) is 1.92. The summed E-state index contributed by atoms with van der Waals surface area (Å²) >= 11 is 0. The molecule has 6 heteroatoms. The number of methoxy groups -OCH3 is 1. The number of carboxylic acid groups (broad SMARTS) is 1. The van der Waals surface area contributed by atoms with Crippen molar-refractivity contribution in [3.8, 4) is 5.88 Å². The summed E-state index contributed by atoms with van der Waals surface area (Å²) in [5, 5.41) is 12.2. The molecule has 1 aromatic heterocycles. The molecule has 0 bridgehead atoms. The molecule has 0 spiro atoms. The van der Waals surface area contributed by atoms with Crippen molar-refractivity contribution in [1.29, 1.82) is 0 Å². The summed E-state index contributed by atoms with van der Waals surface area (Å²) in [5.41, 5.74) is -0.146. The molecule has 0 aliphatic heterocycles. The lowest BCUT2D eigenvalue weighted by molar-refractivity contribution is -0.145. The van der Waals surface area contributed by atoms with Crippen LogP contribution in [0.3, 0.4) is 0 Å². The molecule has 0 saturated heterocycles. The van der Waals surface area contributed by atoms with E-state index < -0.39 is 11.5 Å². The van der Waals surface area contributed by atoms with Gasteiger partial charge < -0.3 is 15.2 Å². The Bertz CT molecular complexity index is 444. The molecule has 2 rings (SSSR count). The van der Waals surface area contributed by atoms with Crippen LogP contribution < -0.4 is 10.1 Å². The van der Waals surface area contributed by atoms with Crippen molar-refractivity contribution in [1.82, 2.24) is 9.97 Å². The smallest absolute Gasteiger partial charge is 0.329 e. The van der Waals surface area contributed by atoms with Gasteiger partial charge >= 0.3 is 5.97 Å². The zero-order valence-electron chi connectivity index (χ0n) is 9.86. The lowest BCUT2D eigenvalue weighted by Crippen LogP contribution is -2.52. The quantitative estimate of drug-likeness (QED) is 0.818. The minimum Gasteiger partial charge on any atom is -0.481 e. The van der Waals surface area contributed by atoms with E-state index in [2.05, 4.69) is 15.3 Å². The number of carbonyl (C=O) groups is 1. The highest BCUT2D eigenvalue weighted by Gasteiger charge is 2.45. The summed E-state index contributed by atoms with van der Waals surface area (Å²) in [6, 6.07) is 0. The SMILES string of the molecule is COc1ncnc(NC2(C(=O)O)CCC2)c1C. The van der Waals surface area contributed by atoms with Gasteiger partial charge in [0, 0.05) is 0 Å². The van der Waals surface area contributed by atoms with Crippen LogP contribution in [-0.2, 0) is 4.79 Å². The summed E-state index contributed by atoms with van der Waals surface area (Å²) in [4.78, 5) is 19.3. The molecular formula is C11H15N3O3. The molecule has 0 aromatic carbocycles. The van der Waals surface area contributed by atoms with Gasteiger partial charge in [-0.25, -0.2) is 14.8 Å². The van der Waals surface area contributed by atoms with Gasteiger partial charge in [0.05, 0.1) is 12.7 Å². The summed E-state index contributed by atoms with van der Waals surface area (Å²) < 4.78 is 5.07. The molecule has 0 radical (unpaired) electrons. The number of nitrogens with one attached hydrogen (secondary N) is 1. The van der Waals surface area contributed by atoms with E-state index in [9.17, 15) is 9.90 Å². The molecule has 0 unspecified atom stereocenters. The van der Waals surface area contributed by atoms with Gasteiger partial charge in [-0.05, 0) is 26.2 Å². The second-order valence-corrected chi connectivity index (χ2v) is 4.22.